The van der Waals surface area contributed by atoms with Crippen LogP contribution in [-0.2, 0) is 16.0 Å². The van der Waals surface area contributed by atoms with Crippen LogP contribution in [0, 0.1) is 0 Å². The largest absolute Gasteiger partial charge is 0.491 e. The number of esters is 1. The standard InChI is InChI=1S/C11H13F2NO4/c1-3-18-9(16)5-6-10(17-2)8(15)4-7(14-6)11(12)13/h4,11H,3,5H2,1-2H3,(H,14,15). The number of nitrogens with one attached hydrogen (secondary N) is 1. The van der Waals surface area contributed by atoms with E-state index < -0.39 is 23.5 Å². The minimum absolute atomic E-state index is 0.0150. The molecule has 7 heteroatoms. The van der Waals surface area contributed by atoms with Crippen molar-refractivity contribution in [3.8, 4) is 5.75 Å². The van der Waals surface area contributed by atoms with Gasteiger partial charge in [0.15, 0.2) is 5.75 Å². The Balaban J connectivity index is 3.14. The van der Waals surface area contributed by atoms with E-state index in [4.69, 9.17) is 4.74 Å². The number of ether oxygens (including phenoxy) is 2. The van der Waals surface area contributed by atoms with E-state index in [9.17, 15) is 18.4 Å². The van der Waals surface area contributed by atoms with Gasteiger partial charge in [0.2, 0.25) is 5.43 Å². The minimum Gasteiger partial charge on any atom is -0.491 e. The van der Waals surface area contributed by atoms with Crippen LogP contribution < -0.4 is 10.2 Å². The molecule has 100 valence electrons. The van der Waals surface area contributed by atoms with Crippen molar-refractivity contribution in [2.75, 3.05) is 13.7 Å². The summed E-state index contributed by atoms with van der Waals surface area (Å²) >= 11 is 0. The molecule has 0 unspecified atom stereocenters. The van der Waals surface area contributed by atoms with E-state index in [1.165, 1.54) is 7.11 Å². The summed E-state index contributed by atoms with van der Waals surface area (Å²) in [4.78, 5) is 25.1. The van der Waals surface area contributed by atoms with Gasteiger partial charge < -0.3 is 14.5 Å². The quantitative estimate of drug-likeness (QED) is 0.814. The third kappa shape index (κ3) is 3.28. The molecule has 0 fully saturated rings. The highest BCUT2D eigenvalue weighted by atomic mass is 19.3. The van der Waals surface area contributed by atoms with Crippen molar-refractivity contribution in [1.82, 2.24) is 4.98 Å². The second kappa shape index (κ2) is 6.13. The number of hydrogen-bond acceptors (Lipinski definition) is 4. The molecule has 18 heavy (non-hydrogen) atoms. The molecule has 0 spiro atoms. The van der Waals surface area contributed by atoms with E-state index in [1.54, 1.807) is 6.92 Å². The van der Waals surface area contributed by atoms with Gasteiger partial charge in [-0.15, -0.1) is 0 Å². The molecule has 1 aromatic rings. The summed E-state index contributed by atoms with van der Waals surface area (Å²) in [6, 6.07) is 0.748. The molecule has 1 aromatic heterocycles. The molecular formula is C11H13F2NO4. The Kier molecular flexibility index (Phi) is 4.82. The average Bonchev–Trinajstić information content (AvgIpc) is 2.28. The third-order valence-electron chi connectivity index (χ3n) is 2.15. The van der Waals surface area contributed by atoms with Gasteiger partial charge in [0.25, 0.3) is 6.43 Å². The van der Waals surface area contributed by atoms with Gasteiger partial charge in [0, 0.05) is 6.07 Å². The molecule has 0 saturated heterocycles. The topological polar surface area (TPSA) is 68.4 Å². The molecular weight excluding hydrogens is 248 g/mol. The molecule has 1 N–H and O–H groups in total. The van der Waals surface area contributed by atoms with Crippen LogP contribution in [0.2, 0.25) is 0 Å². The van der Waals surface area contributed by atoms with Crippen molar-refractivity contribution < 1.29 is 23.0 Å². The Bertz CT molecular complexity index is 484. The Morgan fingerprint density at radius 2 is 2.17 bits per heavy atom. The molecule has 0 atom stereocenters. The molecule has 0 radical (unpaired) electrons. The third-order valence-corrected chi connectivity index (χ3v) is 2.15. The first-order chi connectivity index (χ1) is 8.49. The number of halogens is 2. The normalized spacial score (nSPS) is 10.5. The molecule has 0 bridgehead atoms. The van der Waals surface area contributed by atoms with E-state index >= 15 is 0 Å². The highest BCUT2D eigenvalue weighted by Gasteiger charge is 2.18. The fourth-order valence-corrected chi connectivity index (χ4v) is 1.44. The zero-order valence-electron chi connectivity index (χ0n) is 9.96. The number of carbonyl (C=O) groups excluding carboxylic acids is 1. The van der Waals surface area contributed by atoms with E-state index in [0.29, 0.717) is 0 Å². The summed E-state index contributed by atoms with van der Waals surface area (Å²) in [5.74, 6) is -0.787. The molecule has 0 aliphatic heterocycles. The summed E-state index contributed by atoms with van der Waals surface area (Å²) in [6.45, 7) is 1.79. The summed E-state index contributed by atoms with van der Waals surface area (Å²) in [6.07, 6.45) is -3.16. The van der Waals surface area contributed by atoms with Gasteiger partial charge in [-0.3, -0.25) is 9.59 Å². The van der Waals surface area contributed by atoms with Crippen molar-refractivity contribution in [1.29, 1.82) is 0 Å². The molecule has 0 aromatic carbocycles. The lowest BCUT2D eigenvalue weighted by Crippen LogP contribution is -2.16. The maximum absolute atomic E-state index is 12.5. The fraction of sp³-hybridized carbons (Fsp3) is 0.455. The SMILES string of the molecule is CCOC(=O)Cc1[nH]c(C(F)F)cc(=O)c1OC. The van der Waals surface area contributed by atoms with E-state index in [2.05, 4.69) is 9.72 Å². The van der Waals surface area contributed by atoms with Crippen LogP contribution in [0.15, 0.2) is 10.9 Å². The minimum atomic E-state index is -2.83. The second-order valence-electron chi connectivity index (χ2n) is 3.38. The molecule has 1 rings (SSSR count). The Morgan fingerprint density at radius 3 is 2.67 bits per heavy atom. The monoisotopic (exact) mass is 261 g/mol. The number of carbonyl (C=O) groups is 1. The van der Waals surface area contributed by atoms with Crippen LogP contribution in [-0.4, -0.2) is 24.7 Å². The Morgan fingerprint density at radius 1 is 1.50 bits per heavy atom. The van der Waals surface area contributed by atoms with E-state index in [1.807, 2.05) is 0 Å². The number of H-pyrrole nitrogens is 1. The molecule has 5 nitrogen and oxygen atoms in total. The zero-order valence-corrected chi connectivity index (χ0v) is 9.96. The molecule has 0 aliphatic rings. The van der Waals surface area contributed by atoms with Crippen molar-refractivity contribution in [3.05, 3.63) is 27.7 Å². The Labute approximate surface area is 102 Å². The summed E-state index contributed by atoms with van der Waals surface area (Å²) < 4.78 is 34.5. The fourth-order valence-electron chi connectivity index (χ4n) is 1.44. The van der Waals surface area contributed by atoms with Crippen LogP contribution in [0.25, 0.3) is 0 Å². The Hall–Kier alpha value is -1.92. The highest BCUT2D eigenvalue weighted by Crippen LogP contribution is 2.19. The van der Waals surface area contributed by atoms with Gasteiger partial charge in [-0.1, -0.05) is 0 Å². The molecule has 1 heterocycles. The molecule has 0 amide bonds. The lowest BCUT2D eigenvalue weighted by Gasteiger charge is -2.10. The number of alkyl halides is 2. The van der Waals surface area contributed by atoms with Crippen molar-refractivity contribution >= 4 is 5.97 Å². The lowest BCUT2D eigenvalue weighted by atomic mass is 10.2. The second-order valence-corrected chi connectivity index (χ2v) is 3.38. The van der Waals surface area contributed by atoms with Gasteiger partial charge in [-0.25, -0.2) is 8.78 Å². The lowest BCUT2D eigenvalue weighted by molar-refractivity contribution is -0.142. The van der Waals surface area contributed by atoms with Crippen LogP contribution in [0.3, 0.4) is 0 Å². The van der Waals surface area contributed by atoms with Crippen LogP contribution in [0.4, 0.5) is 8.78 Å². The molecule has 0 saturated carbocycles. The number of aromatic amines is 1. The first-order valence-corrected chi connectivity index (χ1v) is 5.23. The number of methoxy groups -OCH3 is 1. The van der Waals surface area contributed by atoms with Crippen molar-refractivity contribution in [3.63, 3.8) is 0 Å². The predicted octanol–water partition coefficient (Wildman–Crippen LogP) is 1.43. The van der Waals surface area contributed by atoms with Gasteiger partial charge in [0.1, 0.15) is 0 Å². The summed E-state index contributed by atoms with van der Waals surface area (Å²) in [5.41, 5.74) is -1.27. The highest BCUT2D eigenvalue weighted by molar-refractivity contribution is 5.72. The number of rotatable bonds is 5. The summed E-state index contributed by atoms with van der Waals surface area (Å²) in [5, 5.41) is 0. The predicted molar refractivity (Wildman–Crippen MR) is 58.9 cm³/mol. The zero-order chi connectivity index (χ0) is 13.7. The molecule has 0 aliphatic carbocycles. The maximum Gasteiger partial charge on any atom is 0.311 e. The van der Waals surface area contributed by atoms with Crippen molar-refractivity contribution in [2.24, 2.45) is 0 Å². The van der Waals surface area contributed by atoms with Crippen LogP contribution in [0.1, 0.15) is 24.7 Å². The van der Waals surface area contributed by atoms with Gasteiger partial charge in [-0.2, -0.15) is 0 Å². The van der Waals surface area contributed by atoms with Gasteiger partial charge >= 0.3 is 5.97 Å². The average molecular weight is 261 g/mol. The van der Waals surface area contributed by atoms with Crippen LogP contribution in [0.5, 0.6) is 5.75 Å². The maximum atomic E-state index is 12.5. The number of hydrogen-bond donors (Lipinski definition) is 1. The first kappa shape index (κ1) is 14.1. The summed E-state index contributed by atoms with van der Waals surface area (Å²) in [7, 11) is 1.22. The van der Waals surface area contributed by atoms with E-state index in [-0.39, 0.29) is 24.5 Å². The smallest absolute Gasteiger partial charge is 0.311 e. The van der Waals surface area contributed by atoms with Gasteiger partial charge in [-0.05, 0) is 6.92 Å². The number of pyridine rings is 1. The van der Waals surface area contributed by atoms with Crippen LogP contribution >= 0.6 is 0 Å². The van der Waals surface area contributed by atoms with E-state index in [0.717, 1.165) is 6.07 Å². The number of aromatic nitrogens is 1. The van der Waals surface area contributed by atoms with Gasteiger partial charge in [0.05, 0.1) is 31.5 Å². The van der Waals surface area contributed by atoms with Crippen molar-refractivity contribution in [2.45, 2.75) is 19.8 Å². The first-order valence-electron chi connectivity index (χ1n) is 5.23.